The van der Waals surface area contributed by atoms with Gasteiger partial charge in [0.15, 0.2) is 5.05 Å². The molecule has 0 spiro atoms. The number of thiocarbonyl (C=S) groups is 1. The van der Waals surface area contributed by atoms with Gasteiger partial charge in [0, 0.05) is 10.2 Å². The van der Waals surface area contributed by atoms with Gasteiger partial charge in [-0.25, -0.2) is 0 Å². The third-order valence-electron chi connectivity index (χ3n) is 0.770. The second kappa shape index (κ2) is 2.93. The summed E-state index contributed by atoms with van der Waals surface area (Å²) in [4.78, 5) is 0. The van der Waals surface area contributed by atoms with E-state index in [4.69, 9.17) is 5.11 Å². The van der Waals surface area contributed by atoms with Crippen molar-refractivity contribution in [2.24, 2.45) is 0 Å². The van der Waals surface area contributed by atoms with Crippen LogP contribution in [0.1, 0.15) is 6.92 Å². The number of hydrogen-bond acceptors (Lipinski definition) is 1. The van der Waals surface area contributed by atoms with Gasteiger partial charge >= 0.3 is 0 Å². The molecule has 0 aliphatic rings. The lowest BCUT2D eigenvalue weighted by atomic mass is 10.5. The van der Waals surface area contributed by atoms with Gasteiger partial charge in [-0.15, -0.1) is 0 Å². The van der Waals surface area contributed by atoms with Crippen LogP contribution in [0.25, 0.3) is 0 Å². The van der Waals surface area contributed by atoms with Crippen molar-refractivity contribution in [2.75, 3.05) is 0 Å². The normalized spacial score (nSPS) is 11.9. The summed E-state index contributed by atoms with van der Waals surface area (Å²) in [6, 6.07) is 0. The molecular formula is C4H8OSSi. The van der Waals surface area contributed by atoms with Crippen LogP contribution in [0.5, 0.6) is 0 Å². The zero-order chi connectivity index (χ0) is 5.86. The highest BCUT2D eigenvalue weighted by Gasteiger charge is 1.87. The molecule has 0 amide bonds. The molecule has 0 saturated heterocycles. The Hall–Kier alpha value is -0.153. The van der Waals surface area contributed by atoms with Crippen LogP contribution < -0.4 is 0 Å². The van der Waals surface area contributed by atoms with Crippen molar-refractivity contribution < 1.29 is 5.11 Å². The monoisotopic (exact) mass is 132 g/mol. The fourth-order valence-corrected chi connectivity index (χ4v) is 0.241. The minimum absolute atomic E-state index is 0.0502. The van der Waals surface area contributed by atoms with Crippen LogP contribution in [-0.2, 0) is 0 Å². The van der Waals surface area contributed by atoms with Crippen molar-refractivity contribution in [1.82, 2.24) is 0 Å². The minimum Gasteiger partial charge on any atom is -0.499 e. The number of rotatable bonds is 1. The fourth-order valence-electron chi connectivity index (χ4n) is 0.123. The molecule has 0 atom stereocenters. The van der Waals surface area contributed by atoms with Crippen molar-refractivity contribution in [1.29, 1.82) is 0 Å². The maximum Gasteiger partial charge on any atom is 0.178 e. The van der Waals surface area contributed by atoms with Crippen LogP contribution in [0.3, 0.4) is 0 Å². The van der Waals surface area contributed by atoms with E-state index in [1.807, 2.05) is 13.0 Å². The molecule has 0 aromatic heterocycles. The number of aliphatic hydroxyl groups is 1. The molecule has 0 saturated carbocycles. The second-order valence-corrected chi connectivity index (χ2v) is 2.74. The first-order chi connectivity index (χ1) is 3.18. The van der Waals surface area contributed by atoms with Crippen LogP contribution in [0.2, 0.25) is 0 Å². The molecule has 0 aromatic rings. The molecule has 1 N–H and O–H groups in total. The van der Waals surface area contributed by atoms with Gasteiger partial charge in [-0.3, -0.25) is 0 Å². The fraction of sp³-hybridized carbons (Fsp3) is 0.250. The zero-order valence-electron chi connectivity index (χ0n) is 4.43. The van der Waals surface area contributed by atoms with Crippen molar-refractivity contribution in [2.45, 2.75) is 6.92 Å². The first-order valence-corrected chi connectivity index (χ1v) is 3.45. The summed E-state index contributed by atoms with van der Waals surface area (Å²) < 4.78 is 0. The molecule has 0 aromatic carbocycles. The van der Waals surface area contributed by atoms with Crippen LogP contribution >= 0.6 is 12.2 Å². The van der Waals surface area contributed by atoms with Gasteiger partial charge in [0.1, 0.15) is 0 Å². The van der Waals surface area contributed by atoms with Crippen molar-refractivity contribution in [3.63, 3.8) is 0 Å². The highest BCUT2D eigenvalue weighted by molar-refractivity contribution is 7.80. The highest BCUT2D eigenvalue weighted by Crippen LogP contribution is 1.86. The molecule has 1 nitrogen and oxygen atoms in total. The summed E-state index contributed by atoms with van der Waals surface area (Å²) >= 11 is 4.44. The van der Waals surface area contributed by atoms with Crippen LogP contribution in [-0.4, -0.2) is 20.4 Å². The maximum atomic E-state index is 8.52. The Morgan fingerprint density at radius 1 is 1.86 bits per heavy atom. The molecule has 0 fully saturated rings. The Morgan fingerprint density at radius 2 is 2.29 bits per heavy atom. The van der Waals surface area contributed by atoms with E-state index in [-0.39, 0.29) is 5.05 Å². The van der Waals surface area contributed by atoms with Crippen molar-refractivity contribution in [3.05, 3.63) is 11.3 Å². The molecular weight excluding hydrogens is 124 g/mol. The molecule has 0 heterocycles. The third kappa shape index (κ3) is 2.53. The van der Waals surface area contributed by atoms with Gasteiger partial charge in [0.2, 0.25) is 0 Å². The summed E-state index contributed by atoms with van der Waals surface area (Å²) in [5.74, 6) is 0. The summed E-state index contributed by atoms with van der Waals surface area (Å²) in [6.07, 6.45) is 1.83. The van der Waals surface area contributed by atoms with Crippen molar-refractivity contribution >= 4 is 27.5 Å². The average Bonchev–Trinajstić information content (AvgIpc) is 1.65. The Balaban J connectivity index is 3.82. The van der Waals surface area contributed by atoms with Gasteiger partial charge in [-0.1, -0.05) is 6.08 Å². The second-order valence-electron chi connectivity index (χ2n) is 1.28. The molecule has 7 heavy (non-hydrogen) atoms. The first-order valence-electron chi connectivity index (χ1n) is 2.04. The predicted octanol–water partition coefficient (Wildman–Crippen LogP) is 0.141. The van der Waals surface area contributed by atoms with Crippen LogP contribution in [0.4, 0.5) is 0 Å². The van der Waals surface area contributed by atoms with Gasteiger partial charge in [0.25, 0.3) is 0 Å². The smallest absolute Gasteiger partial charge is 0.178 e. The van der Waals surface area contributed by atoms with Gasteiger partial charge in [-0.05, 0) is 24.3 Å². The molecule has 0 aliphatic carbocycles. The Labute approximate surface area is 51.5 Å². The molecule has 0 bridgehead atoms. The number of aliphatic hydroxyl groups excluding tert-OH is 1. The maximum absolute atomic E-state index is 8.52. The molecule has 3 heteroatoms. The molecule has 0 unspecified atom stereocenters. The molecule has 0 rings (SSSR count). The minimum atomic E-state index is 0.0502. The summed E-state index contributed by atoms with van der Waals surface area (Å²) in [5.41, 5.74) is 0. The molecule has 0 radical (unpaired) electrons. The average molecular weight is 132 g/mol. The van der Waals surface area contributed by atoms with E-state index in [1.165, 1.54) is 0 Å². The van der Waals surface area contributed by atoms with Gasteiger partial charge < -0.3 is 5.11 Å². The van der Waals surface area contributed by atoms with E-state index in [9.17, 15) is 0 Å². The zero-order valence-corrected chi connectivity index (χ0v) is 7.25. The summed E-state index contributed by atoms with van der Waals surface area (Å²) in [5, 5.41) is 9.47. The molecule has 0 aliphatic heterocycles. The lowest BCUT2D eigenvalue weighted by Gasteiger charge is -1.88. The number of hydrogen-bond donors (Lipinski definition) is 1. The topological polar surface area (TPSA) is 20.2 Å². The SMILES string of the molecule is CC=C([SiH3])C(O)=S. The lowest BCUT2D eigenvalue weighted by Crippen LogP contribution is -1.94. The van der Waals surface area contributed by atoms with E-state index in [0.29, 0.717) is 0 Å². The summed E-state index contributed by atoms with van der Waals surface area (Å²) in [7, 11) is 0.844. The van der Waals surface area contributed by atoms with Gasteiger partial charge in [0.05, 0.1) is 0 Å². The highest BCUT2D eigenvalue weighted by atomic mass is 32.1. The van der Waals surface area contributed by atoms with Crippen LogP contribution in [0.15, 0.2) is 11.3 Å². The largest absolute Gasteiger partial charge is 0.499 e. The third-order valence-corrected chi connectivity index (χ3v) is 2.51. The standard InChI is InChI=1S/C4H8OSSi/c1-2-3(7)4(5)6/h2H,1,7H3,(H,5,6). The van der Waals surface area contributed by atoms with Crippen molar-refractivity contribution in [3.8, 4) is 0 Å². The predicted molar refractivity (Wildman–Crippen MR) is 38.9 cm³/mol. The van der Waals surface area contributed by atoms with Crippen LogP contribution in [0, 0.1) is 0 Å². The Kier molecular flexibility index (Phi) is 2.87. The van der Waals surface area contributed by atoms with E-state index >= 15 is 0 Å². The Morgan fingerprint density at radius 3 is 2.29 bits per heavy atom. The van der Waals surface area contributed by atoms with E-state index < -0.39 is 0 Å². The van der Waals surface area contributed by atoms with E-state index in [2.05, 4.69) is 12.2 Å². The molecule has 40 valence electrons. The lowest BCUT2D eigenvalue weighted by molar-refractivity contribution is 0.572. The summed E-state index contributed by atoms with van der Waals surface area (Å²) in [6.45, 7) is 1.87. The first kappa shape index (κ1) is 6.85. The van der Waals surface area contributed by atoms with E-state index in [0.717, 1.165) is 15.4 Å². The quantitative estimate of drug-likeness (QED) is 0.311. The Bertz CT molecular complexity index is 108. The van der Waals surface area contributed by atoms with E-state index in [1.54, 1.807) is 0 Å². The number of allylic oxidation sites excluding steroid dienone is 1. The van der Waals surface area contributed by atoms with Gasteiger partial charge in [-0.2, -0.15) is 0 Å².